The minimum atomic E-state index is -3.34. The third-order valence-corrected chi connectivity index (χ3v) is 6.13. The topological polar surface area (TPSA) is 91.8 Å². The van der Waals surface area contributed by atoms with E-state index < -0.39 is 15.8 Å². The van der Waals surface area contributed by atoms with Crippen LogP contribution in [0.15, 0.2) is 34.5 Å². The van der Waals surface area contributed by atoms with E-state index in [4.69, 9.17) is 5.11 Å². The maximum absolute atomic E-state index is 12.6. The van der Waals surface area contributed by atoms with Crippen LogP contribution in [0.5, 0.6) is 0 Å². The zero-order chi connectivity index (χ0) is 17.5. The van der Waals surface area contributed by atoms with Crippen molar-refractivity contribution in [3.8, 4) is 0 Å². The summed E-state index contributed by atoms with van der Waals surface area (Å²) >= 11 is 1.10. The Kier molecular flexibility index (Phi) is 4.18. The highest BCUT2D eigenvalue weighted by Gasteiger charge is 2.24. The Morgan fingerprint density at radius 1 is 1.21 bits per heavy atom. The Hall–Kier alpha value is -2.19. The van der Waals surface area contributed by atoms with Crippen molar-refractivity contribution >= 4 is 33.1 Å². The second-order valence-corrected chi connectivity index (χ2v) is 8.61. The first-order valence-corrected chi connectivity index (χ1v) is 9.96. The van der Waals surface area contributed by atoms with Crippen LogP contribution < -0.4 is 0 Å². The number of sulfone groups is 1. The van der Waals surface area contributed by atoms with Gasteiger partial charge in [-0.05, 0) is 35.7 Å². The lowest BCUT2D eigenvalue weighted by Gasteiger charge is -2.28. The SMILES string of the molecule is CS(=O)(=O)c1csc(C(=O)N2CCc3ccc(C(=O)O)cc3C2)c1. The molecule has 0 aliphatic carbocycles. The van der Waals surface area contributed by atoms with Crippen molar-refractivity contribution in [2.24, 2.45) is 0 Å². The molecule has 3 rings (SSSR count). The second-order valence-electron chi connectivity index (χ2n) is 5.68. The number of aromatic carboxylic acids is 1. The van der Waals surface area contributed by atoms with Crippen LogP contribution in [0, 0.1) is 0 Å². The summed E-state index contributed by atoms with van der Waals surface area (Å²) in [6, 6.07) is 6.34. The fourth-order valence-electron chi connectivity index (χ4n) is 2.64. The Labute approximate surface area is 143 Å². The molecule has 0 radical (unpaired) electrons. The van der Waals surface area contributed by atoms with Crippen molar-refractivity contribution in [2.45, 2.75) is 17.9 Å². The highest BCUT2D eigenvalue weighted by atomic mass is 32.2. The van der Waals surface area contributed by atoms with Crippen LogP contribution in [-0.4, -0.2) is 43.1 Å². The maximum Gasteiger partial charge on any atom is 0.335 e. The number of carboxylic acid groups (broad SMARTS) is 1. The van der Waals surface area contributed by atoms with Gasteiger partial charge in [0.15, 0.2) is 9.84 Å². The maximum atomic E-state index is 12.6. The standard InChI is InChI=1S/C16H15NO5S2/c1-24(21,22)13-7-14(23-9-13)15(18)17-5-4-10-2-3-11(16(19)20)6-12(10)8-17/h2-3,6-7,9H,4-5,8H2,1H3,(H,19,20). The Bertz CT molecular complexity index is 930. The fraction of sp³-hybridized carbons (Fsp3) is 0.250. The number of hydrogen-bond acceptors (Lipinski definition) is 5. The lowest BCUT2D eigenvalue weighted by Crippen LogP contribution is -2.35. The highest BCUT2D eigenvalue weighted by Crippen LogP contribution is 2.25. The molecule has 0 unspecified atom stereocenters. The third kappa shape index (κ3) is 3.20. The molecule has 0 spiro atoms. The molecule has 24 heavy (non-hydrogen) atoms. The molecule has 0 atom stereocenters. The molecule has 1 amide bonds. The van der Waals surface area contributed by atoms with Crippen LogP contribution >= 0.6 is 11.3 Å². The predicted molar refractivity (Wildman–Crippen MR) is 89.3 cm³/mol. The molecular weight excluding hydrogens is 350 g/mol. The van der Waals surface area contributed by atoms with Crippen molar-refractivity contribution < 1.29 is 23.1 Å². The lowest BCUT2D eigenvalue weighted by atomic mass is 9.97. The Morgan fingerprint density at radius 2 is 1.96 bits per heavy atom. The van der Waals surface area contributed by atoms with Gasteiger partial charge in [-0.15, -0.1) is 11.3 Å². The number of fused-ring (bicyclic) bond motifs is 1. The molecule has 1 aliphatic rings. The molecule has 0 fully saturated rings. The van der Waals surface area contributed by atoms with E-state index in [9.17, 15) is 18.0 Å². The predicted octanol–water partition coefficient (Wildman–Crippen LogP) is 2.05. The number of hydrogen-bond donors (Lipinski definition) is 1. The summed E-state index contributed by atoms with van der Waals surface area (Å²) in [7, 11) is -3.34. The first-order valence-electron chi connectivity index (χ1n) is 7.18. The van der Waals surface area contributed by atoms with Gasteiger partial charge < -0.3 is 10.0 Å². The minimum absolute atomic E-state index is 0.140. The number of benzene rings is 1. The lowest BCUT2D eigenvalue weighted by molar-refractivity contribution is 0.0696. The first-order chi connectivity index (χ1) is 11.3. The van der Waals surface area contributed by atoms with E-state index >= 15 is 0 Å². The number of amides is 1. The monoisotopic (exact) mass is 365 g/mol. The largest absolute Gasteiger partial charge is 0.478 e. The van der Waals surface area contributed by atoms with E-state index in [1.807, 2.05) is 0 Å². The van der Waals surface area contributed by atoms with Crippen molar-refractivity contribution in [3.63, 3.8) is 0 Å². The van der Waals surface area contributed by atoms with Gasteiger partial charge in [0.2, 0.25) is 0 Å². The normalized spacial score (nSPS) is 14.3. The van der Waals surface area contributed by atoms with Gasteiger partial charge in [-0.3, -0.25) is 4.79 Å². The molecule has 0 saturated heterocycles. The number of rotatable bonds is 3. The van der Waals surface area contributed by atoms with Crippen LogP contribution in [0.4, 0.5) is 0 Å². The van der Waals surface area contributed by atoms with E-state index in [1.165, 1.54) is 11.4 Å². The molecule has 1 N–H and O–H groups in total. The summed E-state index contributed by atoms with van der Waals surface area (Å²) in [4.78, 5) is 25.8. The van der Waals surface area contributed by atoms with Gasteiger partial charge in [-0.25, -0.2) is 13.2 Å². The molecule has 2 heterocycles. The van der Waals surface area contributed by atoms with E-state index in [0.717, 1.165) is 28.7 Å². The number of carbonyl (C=O) groups excluding carboxylic acids is 1. The van der Waals surface area contributed by atoms with Crippen molar-refractivity contribution in [2.75, 3.05) is 12.8 Å². The van der Waals surface area contributed by atoms with Crippen LogP contribution in [0.1, 0.15) is 31.2 Å². The smallest absolute Gasteiger partial charge is 0.335 e. The zero-order valence-electron chi connectivity index (χ0n) is 12.9. The van der Waals surface area contributed by atoms with Gasteiger partial charge in [0, 0.05) is 24.7 Å². The van der Waals surface area contributed by atoms with Crippen LogP contribution in [0.25, 0.3) is 0 Å². The molecule has 1 aliphatic heterocycles. The van der Waals surface area contributed by atoms with Crippen molar-refractivity contribution in [3.05, 3.63) is 51.2 Å². The van der Waals surface area contributed by atoms with Crippen LogP contribution in [0.3, 0.4) is 0 Å². The third-order valence-electron chi connectivity index (χ3n) is 3.97. The Morgan fingerprint density at radius 3 is 2.58 bits per heavy atom. The summed E-state index contributed by atoms with van der Waals surface area (Å²) in [5.41, 5.74) is 2.04. The molecule has 1 aromatic heterocycles. The molecule has 0 bridgehead atoms. The summed E-state index contributed by atoms with van der Waals surface area (Å²) in [6.45, 7) is 0.839. The van der Waals surface area contributed by atoms with E-state index in [1.54, 1.807) is 23.1 Å². The number of thiophene rings is 1. The Balaban J connectivity index is 1.84. The molecule has 2 aromatic rings. The zero-order valence-corrected chi connectivity index (χ0v) is 14.5. The number of carboxylic acids is 1. The van der Waals surface area contributed by atoms with Crippen LogP contribution in [-0.2, 0) is 22.8 Å². The number of carbonyl (C=O) groups is 2. The number of nitrogens with zero attached hydrogens (tertiary/aromatic N) is 1. The minimum Gasteiger partial charge on any atom is -0.478 e. The van der Waals surface area contributed by atoms with Gasteiger partial charge in [0.05, 0.1) is 15.3 Å². The van der Waals surface area contributed by atoms with E-state index in [-0.39, 0.29) is 16.4 Å². The van der Waals surface area contributed by atoms with Crippen molar-refractivity contribution in [1.29, 1.82) is 0 Å². The average Bonchev–Trinajstić information content (AvgIpc) is 3.03. The van der Waals surface area contributed by atoms with Crippen LogP contribution in [0.2, 0.25) is 0 Å². The summed E-state index contributed by atoms with van der Waals surface area (Å²) in [5.74, 6) is -1.24. The molecule has 126 valence electrons. The average molecular weight is 365 g/mol. The highest BCUT2D eigenvalue weighted by molar-refractivity contribution is 7.90. The second kappa shape index (κ2) is 6.03. The van der Waals surface area contributed by atoms with Gasteiger partial charge in [-0.2, -0.15) is 0 Å². The summed E-state index contributed by atoms with van der Waals surface area (Å²) < 4.78 is 23.1. The fourth-order valence-corrected chi connectivity index (χ4v) is 4.63. The van der Waals surface area contributed by atoms with Gasteiger partial charge in [0.1, 0.15) is 0 Å². The van der Waals surface area contributed by atoms with Gasteiger partial charge in [-0.1, -0.05) is 6.07 Å². The summed E-state index contributed by atoms with van der Waals surface area (Å²) in [6.07, 6.45) is 1.75. The summed E-state index contributed by atoms with van der Waals surface area (Å²) in [5, 5.41) is 10.5. The van der Waals surface area contributed by atoms with Crippen molar-refractivity contribution in [1.82, 2.24) is 4.90 Å². The van der Waals surface area contributed by atoms with Gasteiger partial charge >= 0.3 is 5.97 Å². The molecule has 8 heteroatoms. The van der Waals surface area contributed by atoms with Gasteiger partial charge in [0.25, 0.3) is 5.91 Å². The molecule has 0 saturated carbocycles. The molecule has 1 aromatic carbocycles. The quantitative estimate of drug-likeness (QED) is 0.899. The van der Waals surface area contributed by atoms with E-state index in [2.05, 4.69) is 0 Å². The molecular formula is C16H15NO5S2. The van der Waals surface area contributed by atoms with E-state index in [0.29, 0.717) is 24.4 Å². The first kappa shape index (κ1) is 16.7. The molecule has 6 nitrogen and oxygen atoms in total.